The van der Waals surface area contributed by atoms with E-state index in [0.717, 1.165) is 4.47 Å². The van der Waals surface area contributed by atoms with E-state index in [0.29, 0.717) is 12.1 Å². The quantitative estimate of drug-likeness (QED) is 0.820. The second kappa shape index (κ2) is 6.36. The van der Waals surface area contributed by atoms with Crippen LogP contribution in [0.25, 0.3) is 0 Å². The van der Waals surface area contributed by atoms with Crippen molar-refractivity contribution in [3.8, 4) is 0 Å². The van der Waals surface area contributed by atoms with Gasteiger partial charge in [0, 0.05) is 16.6 Å². The fourth-order valence-corrected chi connectivity index (χ4v) is 2.62. The van der Waals surface area contributed by atoms with Gasteiger partial charge in [-0.25, -0.2) is 0 Å². The summed E-state index contributed by atoms with van der Waals surface area (Å²) in [4.78, 5) is 0. The van der Waals surface area contributed by atoms with Crippen LogP contribution in [0.2, 0.25) is 0 Å². The minimum absolute atomic E-state index is 0.328. The molecule has 0 spiro atoms. The molecule has 1 N–H and O–H groups in total. The Morgan fingerprint density at radius 2 is 1.53 bits per heavy atom. The summed E-state index contributed by atoms with van der Waals surface area (Å²) in [5.74, 6) is 0. The third kappa shape index (κ3) is 3.92. The van der Waals surface area contributed by atoms with Crippen molar-refractivity contribution < 1.29 is 0 Å². The number of hydrogen-bond donors (Lipinski definition) is 1. The molecule has 0 saturated carbocycles. The molecule has 2 rings (SSSR count). The monoisotopic (exact) mass is 317 g/mol. The van der Waals surface area contributed by atoms with Gasteiger partial charge in [0.05, 0.1) is 0 Å². The first-order valence-electron chi connectivity index (χ1n) is 6.64. The molecule has 0 aromatic heterocycles. The summed E-state index contributed by atoms with van der Waals surface area (Å²) in [6, 6.07) is 17.8. The molecular weight excluding hydrogens is 298 g/mol. The van der Waals surface area contributed by atoms with E-state index < -0.39 is 0 Å². The van der Waals surface area contributed by atoms with Gasteiger partial charge < -0.3 is 5.32 Å². The average Bonchev–Trinajstić information content (AvgIpc) is 2.39. The van der Waals surface area contributed by atoms with Crippen molar-refractivity contribution in [1.82, 2.24) is 5.32 Å². The summed E-state index contributed by atoms with van der Waals surface area (Å²) in [7, 11) is 0. The van der Waals surface area contributed by atoms with Gasteiger partial charge in [0.2, 0.25) is 0 Å². The maximum absolute atomic E-state index is 3.64. The zero-order chi connectivity index (χ0) is 13.8. The van der Waals surface area contributed by atoms with E-state index in [4.69, 9.17) is 0 Å². The van der Waals surface area contributed by atoms with Crippen LogP contribution in [0.4, 0.5) is 0 Å². The maximum atomic E-state index is 3.64. The zero-order valence-corrected chi connectivity index (χ0v) is 13.2. The summed E-state index contributed by atoms with van der Waals surface area (Å²) < 4.78 is 1.13. The second-order valence-electron chi connectivity index (χ2n) is 5.08. The standard InChI is InChI=1S/C17H20BrN/c1-12-7-9-15(10-8-12)13(2)19-14(3)16-5-4-6-17(18)11-16/h4-11,13-14,19H,1-3H3/t13?,14-/m0/s1. The van der Waals surface area contributed by atoms with Crippen LogP contribution in [0.5, 0.6) is 0 Å². The first-order chi connectivity index (χ1) is 9.06. The number of benzene rings is 2. The van der Waals surface area contributed by atoms with Crippen LogP contribution in [0.3, 0.4) is 0 Å². The fraction of sp³-hybridized carbons (Fsp3) is 0.294. The molecule has 1 unspecified atom stereocenters. The largest absolute Gasteiger partial charge is 0.304 e. The van der Waals surface area contributed by atoms with Gasteiger partial charge in [-0.3, -0.25) is 0 Å². The molecule has 0 heterocycles. The van der Waals surface area contributed by atoms with Gasteiger partial charge in [0.15, 0.2) is 0 Å². The number of rotatable bonds is 4. The molecular formula is C17H20BrN. The highest BCUT2D eigenvalue weighted by molar-refractivity contribution is 9.10. The summed E-state index contributed by atoms with van der Waals surface area (Å²) >= 11 is 3.52. The van der Waals surface area contributed by atoms with Crippen LogP contribution in [-0.2, 0) is 0 Å². The van der Waals surface area contributed by atoms with Crippen LogP contribution >= 0.6 is 15.9 Å². The highest BCUT2D eigenvalue weighted by Gasteiger charge is 2.11. The number of aryl methyl sites for hydroxylation is 1. The molecule has 2 aromatic rings. The lowest BCUT2D eigenvalue weighted by atomic mass is 10.0. The lowest BCUT2D eigenvalue weighted by Crippen LogP contribution is -2.22. The van der Waals surface area contributed by atoms with E-state index in [-0.39, 0.29) is 0 Å². The molecule has 0 radical (unpaired) electrons. The Balaban J connectivity index is 2.06. The van der Waals surface area contributed by atoms with Crippen LogP contribution in [0.15, 0.2) is 53.0 Å². The van der Waals surface area contributed by atoms with Crippen LogP contribution in [0.1, 0.15) is 42.6 Å². The summed E-state index contributed by atoms with van der Waals surface area (Å²) in [5.41, 5.74) is 3.93. The molecule has 0 aliphatic carbocycles. The van der Waals surface area contributed by atoms with E-state index in [1.165, 1.54) is 16.7 Å². The van der Waals surface area contributed by atoms with Gasteiger partial charge in [-0.1, -0.05) is 57.9 Å². The van der Waals surface area contributed by atoms with Crippen LogP contribution in [-0.4, -0.2) is 0 Å². The zero-order valence-electron chi connectivity index (χ0n) is 11.7. The minimum Gasteiger partial charge on any atom is -0.304 e. The van der Waals surface area contributed by atoms with E-state index in [1.807, 2.05) is 0 Å². The third-order valence-electron chi connectivity index (χ3n) is 3.43. The fourth-order valence-electron chi connectivity index (χ4n) is 2.20. The topological polar surface area (TPSA) is 12.0 Å². The Kier molecular flexibility index (Phi) is 4.78. The highest BCUT2D eigenvalue weighted by Crippen LogP contribution is 2.22. The molecule has 0 aliphatic rings. The van der Waals surface area contributed by atoms with Crippen molar-refractivity contribution >= 4 is 15.9 Å². The number of hydrogen-bond acceptors (Lipinski definition) is 1. The van der Waals surface area contributed by atoms with Crippen molar-refractivity contribution in [1.29, 1.82) is 0 Å². The minimum atomic E-state index is 0.328. The van der Waals surface area contributed by atoms with Crippen molar-refractivity contribution in [3.63, 3.8) is 0 Å². The smallest absolute Gasteiger partial charge is 0.0297 e. The Bertz CT molecular complexity index is 533. The summed E-state index contributed by atoms with van der Waals surface area (Å²) in [5, 5.41) is 3.64. The lowest BCUT2D eigenvalue weighted by Gasteiger charge is -2.21. The van der Waals surface area contributed by atoms with E-state index in [2.05, 4.69) is 90.5 Å². The van der Waals surface area contributed by atoms with Gasteiger partial charge in [-0.2, -0.15) is 0 Å². The molecule has 0 aliphatic heterocycles. The number of halogens is 1. The molecule has 0 bridgehead atoms. The van der Waals surface area contributed by atoms with Gasteiger partial charge >= 0.3 is 0 Å². The first-order valence-corrected chi connectivity index (χ1v) is 7.43. The molecule has 0 fully saturated rings. The van der Waals surface area contributed by atoms with E-state index in [9.17, 15) is 0 Å². The molecule has 100 valence electrons. The van der Waals surface area contributed by atoms with Gasteiger partial charge in [0.1, 0.15) is 0 Å². The maximum Gasteiger partial charge on any atom is 0.0297 e. The predicted molar refractivity (Wildman–Crippen MR) is 85.3 cm³/mol. The molecule has 2 atom stereocenters. The first kappa shape index (κ1) is 14.3. The average molecular weight is 318 g/mol. The lowest BCUT2D eigenvalue weighted by molar-refractivity contribution is 0.494. The summed E-state index contributed by atoms with van der Waals surface area (Å²) in [6.45, 7) is 6.53. The molecule has 2 heteroatoms. The molecule has 0 saturated heterocycles. The molecule has 19 heavy (non-hydrogen) atoms. The Hall–Kier alpha value is -1.12. The summed E-state index contributed by atoms with van der Waals surface area (Å²) in [6.07, 6.45) is 0. The Morgan fingerprint density at radius 3 is 2.16 bits per heavy atom. The third-order valence-corrected chi connectivity index (χ3v) is 3.92. The van der Waals surface area contributed by atoms with Gasteiger partial charge in [0.25, 0.3) is 0 Å². The molecule has 2 aromatic carbocycles. The SMILES string of the molecule is Cc1ccc(C(C)N[C@@H](C)c2cccc(Br)c2)cc1. The Labute approximate surface area is 124 Å². The van der Waals surface area contributed by atoms with Crippen molar-refractivity contribution in [2.75, 3.05) is 0 Å². The van der Waals surface area contributed by atoms with E-state index >= 15 is 0 Å². The van der Waals surface area contributed by atoms with Crippen LogP contribution < -0.4 is 5.32 Å². The van der Waals surface area contributed by atoms with Crippen LogP contribution in [0, 0.1) is 6.92 Å². The molecule has 1 nitrogen and oxygen atoms in total. The predicted octanol–water partition coefficient (Wildman–Crippen LogP) is 5.17. The molecule has 0 amide bonds. The van der Waals surface area contributed by atoms with E-state index in [1.54, 1.807) is 0 Å². The second-order valence-corrected chi connectivity index (χ2v) is 5.99. The normalized spacial score (nSPS) is 14.1. The number of nitrogens with one attached hydrogen (secondary N) is 1. The highest BCUT2D eigenvalue weighted by atomic mass is 79.9. The van der Waals surface area contributed by atoms with Crippen molar-refractivity contribution in [2.24, 2.45) is 0 Å². The van der Waals surface area contributed by atoms with Crippen molar-refractivity contribution in [2.45, 2.75) is 32.9 Å². The van der Waals surface area contributed by atoms with Gasteiger partial charge in [-0.15, -0.1) is 0 Å². The van der Waals surface area contributed by atoms with Gasteiger partial charge in [-0.05, 0) is 44.0 Å². The van der Waals surface area contributed by atoms with Crippen molar-refractivity contribution in [3.05, 3.63) is 69.7 Å². The Morgan fingerprint density at radius 1 is 0.895 bits per heavy atom.